The van der Waals surface area contributed by atoms with Crippen LogP contribution in [0.25, 0.3) is 0 Å². The Morgan fingerprint density at radius 2 is 2.09 bits per heavy atom. The van der Waals surface area contributed by atoms with Crippen LogP contribution >= 0.6 is 0 Å². The smallest absolute Gasteiger partial charge is 0.285 e. The lowest BCUT2D eigenvalue weighted by Gasteiger charge is -2.29. The number of aromatic nitrogens is 2. The van der Waals surface area contributed by atoms with Gasteiger partial charge in [0.1, 0.15) is 10.7 Å². The third kappa shape index (κ3) is 2.31. The zero-order valence-corrected chi connectivity index (χ0v) is 13.5. The molecule has 0 saturated carbocycles. The van der Waals surface area contributed by atoms with E-state index >= 15 is 0 Å². The molecule has 0 bridgehead atoms. The maximum absolute atomic E-state index is 12.2. The molecule has 2 aliphatic rings. The predicted molar refractivity (Wildman–Crippen MR) is 85.7 cm³/mol. The lowest BCUT2D eigenvalue weighted by Crippen LogP contribution is -2.36. The number of benzene rings is 1. The fourth-order valence-corrected chi connectivity index (χ4v) is 4.24. The first-order valence-corrected chi connectivity index (χ1v) is 9.05. The Kier molecular flexibility index (Phi) is 3.19. The van der Waals surface area contributed by atoms with E-state index in [0.717, 1.165) is 29.9 Å². The molecule has 0 aliphatic carbocycles. The monoisotopic (exact) mass is 328 g/mol. The molecule has 0 saturated heterocycles. The molecule has 0 fully saturated rings. The maximum atomic E-state index is 12.2. The molecule has 4 rings (SSSR count). The van der Waals surface area contributed by atoms with Gasteiger partial charge in [0.15, 0.2) is 5.84 Å². The highest BCUT2D eigenvalue weighted by Crippen LogP contribution is 2.29. The van der Waals surface area contributed by atoms with Crippen molar-refractivity contribution in [3.63, 3.8) is 0 Å². The zero-order chi connectivity index (χ0) is 16.0. The van der Waals surface area contributed by atoms with Crippen LogP contribution in [0.1, 0.15) is 29.6 Å². The summed E-state index contributed by atoms with van der Waals surface area (Å²) in [7, 11) is -3.58. The second-order valence-electron chi connectivity index (χ2n) is 5.67. The van der Waals surface area contributed by atoms with E-state index in [1.165, 1.54) is 0 Å². The highest BCUT2D eigenvalue weighted by Gasteiger charge is 2.33. The van der Waals surface area contributed by atoms with Crippen LogP contribution < -0.4 is 0 Å². The Labute approximate surface area is 135 Å². The SMILES string of the molecule is CCc1ncc2c(n1)CN(C1=NS(=O)(=O)c3ccccc31)CC2. The molecular weight excluding hydrogens is 312 g/mol. The van der Waals surface area contributed by atoms with E-state index in [-0.39, 0.29) is 4.90 Å². The van der Waals surface area contributed by atoms with Crippen LogP contribution in [0.3, 0.4) is 0 Å². The fourth-order valence-electron chi connectivity index (χ4n) is 3.01. The number of nitrogens with zero attached hydrogens (tertiary/aromatic N) is 4. The van der Waals surface area contributed by atoms with Crippen molar-refractivity contribution in [2.24, 2.45) is 4.40 Å². The summed E-state index contributed by atoms with van der Waals surface area (Å²) < 4.78 is 28.4. The Balaban J connectivity index is 1.73. The molecule has 0 spiro atoms. The van der Waals surface area contributed by atoms with Crippen LogP contribution in [0.5, 0.6) is 0 Å². The van der Waals surface area contributed by atoms with Crippen molar-refractivity contribution in [1.82, 2.24) is 14.9 Å². The molecule has 0 unspecified atom stereocenters. The number of aryl methyl sites for hydroxylation is 1. The summed E-state index contributed by atoms with van der Waals surface area (Å²) >= 11 is 0. The van der Waals surface area contributed by atoms with Gasteiger partial charge in [-0.05, 0) is 24.1 Å². The van der Waals surface area contributed by atoms with E-state index in [2.05, 4.69) is 14.4 Å². The first-order valence-electron chi connectivity index (χ1n) is 7.61. The zero-order valence-electron chi connectivity index (χ0n) is 12.7. The van der Waals surface area contributed by atoms with Crippen LogP contribution in [-0.2, 0) is 29.4 Å². The minimum absolute atomic E-state index is 0.290. The largest absolute Gasteiger partial charge is 0.349 e. The molecule has 0 atom stereocenters. The summed E-state index contributed by atoms with van der Waals surface area (Å²) in [6.45, 7) is 3.30. The second kappa shape index (κ2) is 5.13. The van der Waals surface area contributed by atoms with Gasteiger partial charge in [-0.25, -0.2) is 9.97 Å². The summed E-state index contributed by atoms with van der Waals surface area (Å²) in [4.78, 5) is 11.2. The molecule has 3 heterocycles. The van der Waals surface area contributed by atoms with Crippen molar-refractivity contribution in [1.29, 1.82) is 0 Å². The third-order valence-electron chi connectivity index (χ3n) is 4.22. The molecule has 2 aliphatic heterocycles. The van der Waals surface area contributed by atoms with Gasteiger partial charge in [0.05, 0.1) is 12.2 Å². The van der Waals surface area contributed by atoms with Gasteiger partial charge < -0.3 is 4.90 Å². The Hall–Kier alpha value is -2.28. The average molecular weight is 328 g/mol. The Bertz CT molecular complexity index is 921. The van der Waals surface area contributed by atoms with Crippen molar-refractivity contribution >= 4 is 15.9 Å². The predicted octanol–water partition coefficient (Wildman–Crippen LogP) is 1.55. The molecular formula is C16H16N4O2S. The summed E-state index contributed by atoms with van der Waals surface area (Å²) in [5.74, 6) is 1.34. The van der Waals surface area contributed by atoms with E-state index in [9.17, 15) is 8.42 Å². The van der Waals surface area contributed by atoms with Gasteiger partial charge in [-0.1, -0.05) is 19.1 Å². The number of hydrogen-bond acceptors (Lipinski definition) is 5. The lowest BCUT2D eigenvalue weighted by atomic mass is 10.1. The van der Waals surface area contributed by atoms with Gasteiger partial charge in [-0.2, -0.15) is 8.42 Å². The van der Waals surface area contributed by atoms with E-state index in [4.69, 9.17) is 0 Å². The minimum Gasteiger partial charge on any atom is -0.349 e. The lowest BCUT2D eigenvalue weighted by molar-refractivity contribution is 0.386. The topological polar surface area (TPSA) is 75.5 Å². The molecule has 0 amide bonds. The number of sulfonamides is 1. The molecule has 1 aromatic heterocycles. The molecule has 0 N–H and O–H groups in total. The Morgan fingerprint density at radius 1 is 1.26 bits per heavy atom. The fraction of sp³-hybridized carbons (Fsp3) is 0.312. The Morgan fingerprint density at radius 3 is 2.91 bits per heavy atom. The summed E-state index contributed by atoms with van der Waals surface area (Å²) in [5.41, 5.74) is 2.78. The van der Waals surface area contributed by atoms with Gasteiger partial charge in [0.25, 0.3) is 10.0 Å². The molecule has 7 heteroatoms. The third-order valence-corrected chi connectivity index (χ3v) is 5.55. The van der Waals surface area contributed by atoms with Gasteiger partial charge >= 0.3 is 0 Å². The van der Waals surface area contributed by atoms with Gasteiger partial charge in [0.2, 0.25) is 0 Å². The number of fused-ring (bicyclic) bond motifs is 2. The normalized spacial score (nSPS) is 18.3. The van der Waals surface area contributed by atoms with Crippen molar-refractivity contribution in [3.8, 4) is 0 Å². The van der Waals surface area contributed by atoms with Gasteiger partial charge in [-0.15, -0.1) is 4.40 Å². The molecule has 1 aromatic carbocycles. The van der Waals surface area contributed by atoms with E-state index in [0.29, 0.717) is 24.5 Å². The maximum Gasteiger partial charge on any atom is 0.285 e. The van der Waals surface area contributed by atoms with Crippen LogP contribution in [0.15, 0.2) is 39.8 Å². The van der Waals surface area contributed by atoms with E-state index in [1.807, 2.05) is 30.2 Å². The van der Waals surface area contributed by atoms with Gasteiger partial charge in [0, 0.05) is 24.7 Å². The second-order valence-corrected chi connectivity index (χ2v) is 7.24. The number of hydrogen-bond donors (Lipinski definition) is 0. The van der Waals surface area contributed by atoms with E-state index in [1.54, 1.807) is 12.1 Å². The van der Waals surface area contributed by atoms with Gasteiger partial charge in [-0.3, -0.25) is 0 Å². The minimum atomic E-state index is -3.58. The van der Waals surface area contributed by atoms with Crippen LogP contribution in [0, 0.1) is 0 Å². The van der Waals surface area contributed by atoms with Crippen LogP contribution in [-0.4, -0.2) is 35.7 Å². The molecule has 2 aromatic rings. The average Bonchev–Trinajstić information content (AvgIpc) is 2.86. The number of amidine groups is 1. The van der Waals surface area contributed by atoms with Crippen molar-refractivity contribution in [3.05, 3.63) is 53.1 Å². The summed E-state index contributed by atoms with van der Waals surface area (Å²) in [5, 5.41) is 0. The van der Waals surface area contributed by atoms with Crippen molar-refractivity contribution in [2.75, 3.05) is 6.54 Å². The first kappa shape index (κ1) is 14.3. The van der Waals surface area contributed by atoms with Crippen LogP contribution in [0.4, 0.5) is 0 Å². The highest BCUT2D eigenvalue weighted by atomic mass is 32.2. The summed E-state index contributed by atoms with van der Waals surface area (Å²) in [6, 6.07) is 6.98. The van der Waals surface area contributed by atoms with Crippen LogP contribution in [0.2, 0.25) is 0 Å². The molecule has 23 heavy (non-hydrogen) atoms. The molecule has 118 valence electrons. The molecule has 6 nitrogen and oxygen atoms in total. The summed E-state index contributed by atoms with van der Waals surface area (Å²) in [6.07, 6.45) is 3.46. The highest BCUT2D eigenvalue weighted by molar-refractivity contribution is 7.90. The van der Waals surface area contributed by atoms with Crippen molar-refractivity contribution in [2.45, 2.75) is 31.2 Å². The van der Waals surface area contributed by atoms with Crippen molar-refractivity contribution < 1.29 is 8.42 Å². The van der Waals surface area contributed by atoms with E-state index < -0.39 is 10.0 Å². The molecule has 0 radical (unpaired) electrons. The first-order chi connectivity index (χ1) is 11.1. The number of rotatable bonds is 1. The standard InChI is InChI=1S/C16H16N4O2S/c1-2-15-17-9-11-7-8-20(10-13(11)18-15)16-12-5-3-4-6-14(12)23(21,22)19-16/h3-6,9H,2,7-8,10H2,1H3. The quantitative estimate of drug-likeness (QED) is 0.794.